The van der Waals surface area contributed by atoms with Crippen molar-refractivity contribution in [3.63, 3.8) is 0 Å². The Hall–Kier alpha value is -1.67. The molecule has 0 aromatic rings. The lowest BCUT2D eigenvalue weighted by Crippen LogP contribution is -2.51. The fraction of sp³-hybridized carbons (Fsp3) is 0.879. The average molecular weight is 907 g/mol. The normalized spacial score (nSPS) is 30.1. The number of nitrogens with one attached hydrogen (secondary N) is 1. The number of hydrogen-bond donors (Lipinski definition) is 1. The number of carbonyl (C=O) groups is 1. The number of allylic oxidation sites excluding steroid dienone is 5. The first-order valence-electron chi connectivity index (χ1n) is 28.0. The molecule has 0 bridgehead atoms. The zero-order valence-corrected chi connectivity index (χ0v) is 43.4. The number of unbranched alkanes of at least 4 members (excludes halogenated alkanes) is 9. The number of amides is 1. The third-order valence-electron chi connectivity index (χ3n) is 17.6. The minimum Gasteiger partial charge on any atom is -0.446 e. The van der Waals surface area contributed by atoms with Crippen molar-refractivity contribution in [3.8, 4) is 0 Å². The van der Waals surface area contributed by atoms with E-state index in [1.165, 1.54) is 128 Å². The van der Waals surface area contributed by atoms with Crippen molar-refractivity contribution < 1.29 is 23.7 Å². The largest absolute Gasteiger partial charge is 0.446 e. The van der Waals surface area contributed by atoms with Gasteiger partial charge in [0.1, 0.15) is 6.10 Å². The van der Waals surface area contributed by atoms with Crippen LogP contribution in [0.1, 0.15) is 209 Å². The summed E-state index contributed by atoms with van der Waals surface area (Å²) in [7, 11) is 0. The second kappa shape index (κ2) is 29.4. The summed E-state index contributed by atoms with van der Waals surface area (Å²) >= 11 is 0. The molecule has 374 valence electrons. The van der Waals surface area contributed by atoms with Crippen LogP contribution in [0, 0.1) is 46.3 Å². The molecule has 1 heterocycles. The number of alkyl carbamates (subject to hydrolysis) is 1. The molecule has 1 N–H and O–H groups in total. The Balaban J connectivity index is 0.906. The quantitative estimate of drug-likeness (QED) is 0.0536. The van der Waals surface area contributed by atoms with Crippen LogP contribution in [0.25, 0.3) is 0 Å². The van der Waals surface area contributed by atoms with Gasteiger partial charge in [-0.15, -0.1) is 0 Å². The third kappa shape index (κ3) is 17.4. The number of ether oxygens (including phenoxy) is 4. The van der Waals surface area contributed by atoms with E-state index in [1.54, 1.807) is 5.57 Å². The Labute approximate surface area is 400 Å². The summed E-state index contributed by atoms with van der Waals surface area (Å²) < 4.78 is 24.5. The summed E-state index contributed by atoms with van der Waals surface area (Å²) in [5.74, 6) is 5.04. The van der Waals surface area contributed by atoms with Crippen molar-refractivity contribution in [1.29, 1.82) is 0 Å². The minimum absolute atomic E-state index is 0.0330. The Morgan fingerprint density at radius 3 is 2.34 bits per heavy atom. The van der Waals surface area contributed by atoms with Crippen LogP contribution in [0.5, 0.6) is 0 Å². The molecule has 65 heavy (non-hydrogen) atoms. The predicted octanol–water partition coefficient (Wildman–Crippen LogP) is 14.8. The van der Waals surface area contributed by atoms with Crippen molar-refractivity contribution in [2.75, 3.05) is 52.7 Å². The lowest BCUT2D eigenvalue weighted by Gasteiger charge is -2.58. The molecule has 0 spiro atoms. The topological polar surface area (TPSA) is 69.3 Å². The van der Waals surface area contributed by atoms with Crippen molar-refractivity contribution >= 4 is 6.09 Å². The number of rotatable bonds is 32. The Morgan fingerprint density at radius 2 is 1.58 bits per heavy atom. The van der Waals surface area contributed by atoms with E-state index in [1.807, 2.05) is 0 Å². The van der Waals surface area contributed by atoms with E-state index < -0.39 is 0 Å². The maximum absolute atomic E-state index is 12.9. The van der Waals surface area contributed by atoms with Gasteiger partial charge < -0.3 is 24.3 Å². The van der Waals surface area contributed by atoms with Crippen molar-refractivity contribution in [3.05, 3.63) is 36.0 Å². The summed E-state index contributed by atoms with van der Waals surface area (Å²) in [5.41, 5.74) is 2.35. The smallest absolute Gasteiger partial charge is 0.407 e. The first kappa shape index (κ1) is 54.3. The highest BCUT2D eigenvalue weighted by Gasteiger charge is 2.59. The highest BCUT2D eigenvalue weighted by Crippen LogP contribution is 2.67. The maximum atomic E-state index is 12.9. The molecule has 1 saturated heterocycles. The van der Waals surface area contributed by atoms with Crippen LogP contribution < -0.4 is 5.32 Å². The van der Waals surface area contributed by atoms with Gasteiger partial charge in [-0.2, -0.15) is 0 Å². The van der Waals surface area contributed by atoms with Gasteiger partial charge in [0.05, 0.1) is 32.5 Å². The highest BCUT2D eigenvalue weighted by atomic mass is 16.6. The number of fused-ring (bicyclic) bond motifs is 5. The van der Waals surface area contributed by atoms with Crippen molar-refractivity contribution in [2.45, 2.75) is 227 Å². The van der Waals surface area contributed by atoms with E-state index in [0.29, 0.717) is 44.4 Å². The second-order valence-corrected chi connectivity index (χ2v) is 22.7. The number of likely N-dealkylation sites (tertiary alicyclic amines) is 1. The molecule has 4 fully saturated rings. The van der Waals surface area contributed by atoms with E-state index in [9.17, 15) is 4.79 Å². The van der Waals surface area contributed by atoms with E-state index in [-0.39, 0.29) is 23.7 Å². The van der Waals surface area contributed by atoms with Crippen LogP contribution in [0.15, 0.2) is 36.0 Å². The molecule has 7 heteroatoms. The molecule has 5 aliphatic rings. The standard InChI is InChI=1S/C58H102N2O5/c1-8-9-10-11-12-13-14-15-16-17-18-19-20-21-22-23-39-63-45-51(44-60-38-25-28-48(60)5)64-42-41-62-40-37-59-56(61)65-50-33-35-57(6)49(43-50)29-30-52-54-32-31-53(47(4)27-24-26-46(2)3)58(54,7)36-34-55(52)57/h12-13,15-16,29,46-48,50-55H,8-11,14,17-28,30-45H2,1-7H3,(H,59,61)/b13-12-,16-15-/t47-,48?,50+,51?,52+,53-,54+,55+,57+,58-/m1/s1. The summed E-state index contributed by atoms with van der Waals surface area (Å²) in [6.45, 7) is 22.6. The van der Waals surface area contributed by atoms with Gasteiger partial charge in [0.25, 0.3) is 0 Å². The van der Waals surface area contributed by atoms with Gasteiger partial charge in [0, 0.05) is 32.2 Å². The molecule has 4 aliphatic carbocycles. The van der Waals surface area contributed by atoms with Gasteiger partial charge in [-0.25, -0.2) is 4.79 Å². The summed E-state index contributed by atoms with van der Waals surface area (Å²) in [6.07, 6.45) is 43.3. The number of carbonyl (C=O) groups excluding carboxylic acids is 1. The van der Waals surface area contributed by atoms with E-state index in [2.05, 4.69) is 89.1 Å². The molecule has 0 aromatic heterocycles. The van der Waals surface area contributed by atoms with Gasteiger partial charge in [-0.05, 0) is 156 Å². The molecular weight excluding hydrogens is 805 g/mol. The van der Waals surface area contributed by atoms with Crippen LogP contribution in [-0.2, 0) is 18.9 Å². The summed E-state index contributed by atoms with van der Waals surface area (Å²) in [5, 5.41) is 2.97. The number of nitrogens with zero attached hydrogens (tertiary/aromatic N) is 1. The summed E-state index contributed by atoms with van der Waals surface area (Å²) in [4.78, 5) is 15.5. The lowest BCUT2D eigenvalue weighted by molar-refractivity contribution is -0.0583. The maximum Gasteiger partial charge on any atom is 0.407 e. The molecule has 1 amide bonds. The Bertz CT molecular complexity index is 1410. The van der Waals surface area contributed by atoms with Crippen LogP contribution in [0.4, 0.5) is 4.79 Å². The van der Waals surface area contributed by atoms with Gasteiger partial charge in [-0.1, -0.05) is 135 Å². The molecule has 1 aliphatic heterocycles. The van der Waals surface area contributed by atoms with Crippen LogP contribution in [-0.4, -0.2) is 81.9 Å². The van der Waals surface area contributed by atoms with Crippen molar-refractivity contribution in [2.24, 2.45) is 46.3 Å². The Kier molecular flexibility index (Phi) is 24.5. The fourth-order valence-electron chi connectivity index (χ4n) is 13.6. The molecular formula is C58H102N2O5. The molecule has 0 aromatic carbocycles. The van der Waals surface area contributed by atoms with E-state index in [0.717, 1.165) is 87.3 Å². The monoisotopic (exact) mass is 907 g/mol. The molecule has 7 nitrogen and oxygen atoms in total. The number of hydrogen-bond acceptors (Lipinski definition) is 6. The molecule has 3 saturated carbocycles. The van der Waals surface area contributed by atoms with Gasteiger partial charge in [-0.3, -0.25) is 4.90 Å². The van der Waals surface area contributed by atoms with Gasteiger partial charge in [0.15, 0.2) is 0 Å². The van der Waals surface area contributed by atoms with Crippen LogP contribution in [0.2, 0.25) is 0 Å². The van der Waals surface area contributed by atoms with Crippen LogP contribution in [0.3, 0.4) is 0 Å². The first-order chi connectivity index (χ1) is 31.5. The molecule has 5 rings (SSSR count). The molecule has 0 radical (unpaired) electrons. The molecule has 10 atom stereocenters. The van der Waals surface area contributed by atoms with E-state index in [4.69, 9.17) is 18.9 Å². The molecule has 2 unspecified atom stereocenters. The predicted molar refractivity (Wildman–Crippen MR) is 272 cm³/mol. The van der Waals surface area contributed by atoms with Gasteiger partial charge >= 0.3 is 6.09 Å². The van der Waals surface area contributed by atoms with Crippen LogP contribution >= 0.6 is 0 Å². The summed E-state index contributed by atoms with van der Waals surface area (Å²) in [6, 6.07) is 0.604. The first-order valence-corrected chi connectivity index (χ1v) is 28.0. The SMILES string of the molecule is CCCCC/C=C\C/C=C\CCCCCCCCOCC(CN1CCCC1C)OCCOCCNC(=O)O[C@H]1CC[C@@]2(C)C(=CC[C@H]3[C@@H]4CC[C@H]([C@H](C)CCCC(C)C)[C@@]4(C)CC[C@@H]32)C1. The zero-order valence-electron chi connectivity index (χ0n) is 43.4. The van der Waals surface area contributed by atoms with Crippen molar-refractivity contribution in [1.82, 2.24) is 10.2 Å². The Morgan fingerprint density at radius 1 is 0.815 bits per heavy atom. The van der Waals surface area contributed by atoms with Gasteiger partial charge in [0.2, 0.25) is 0 Å². The highest BCUT2D eigenvalue weighted by molar-refractivity contribution is 5.67. The minimum atomic E-state index is -0.308. The van der Waals surface area contributed by atoms with E-state index >= 15 is 0 Å². The average Bonchev–Trinajstić information content (AvgIpc) is 3.86. The zero-order chi connectivity index (χ0) is 46.3. The fourth-order valence-corrected chi connectivity index (χ4v) is 13.6. The third-order valence-corrected chi connectivity index (χ3v) is 17.6. The second-order valence-electron chi connectivity index (χ2n) is 22.7. The lowest BCUT2D eigenvalue weighted by atomic mass is 9.47.